The number of carbonyl (C=O) groups is 1. The van der Waals surface area contributed by atoms with Crippen molar-refractivity contribution in [1.82, 2.24) is 4.31 Å². The fourth-order valence-electron chi connectivity index (χ4n) is 2.24. The summed E-state index contributed by atoms with van der Waals surface area (Å²) in [7, 11) is -3.79. The number of sulfonamides is 1. The number of benzene rings is 1. The second-order valence-electron chi connectivity index (χ2n) is 4.94. The first-order valence-electron chi connectivity index (χ1n) is 6.40. The minimum atomic E-state index is -3.79. The smallest absolute Gasteiger partial charge is 0.329 e. The number of hydrogen-bond acceptors (Lipinski definition) is 4. The van der Waals surface area contributed by atoms with Gasteiger partial charge < -0.3 is 9.84 Å². The molecule has 8 heteroatoms. The van der Waals surface area contributed by atoms with E-state index in [4.69, 9.17) is 9.84 Å². The summed E-state index contributed by atoms with van der Waals surface area (Å²) >= 11 is 0. The molecule has 1 heterocycles. The van der Waals surface area contributed by atoms with Crippen LogP contribution in [-0.4, -0.2) is 49.6 Å². The second kappa shape index (κ2) is 6.08. The molecule has 1 aromatic carbocycles. The van der Waals surface area contributed by atoms with Crippen molar-refractivity contribution in [3.8, 4) is 0 Å². The van der Waals surface area contributed by atoms with Crippen LogP contribution in [0.25, 0.3) is 0 Å². The highest BCUT2D eigenvalue weighted by Crippen LogP contribution is 2.23. The SMILES string of the molecule is Cc1cc(F)cc(S(=O)(=O)N2CC[C@H](OCC(=O)O)C2)c1. The third kappa shape index (κ3) is 3.78. The topological polar surface area (TPSA) is 83.9 Å². The summed E-state index contributed by atoms with van der Waals surface area (Å²) in [5.41, 5.74) is 0.520. The van der Waals surface area contributed by atoms with Crippen molar-refractivity contribution in [1.29, 1.82) is 0 Å². The molecule has 0 saturated carbocycles. The third-order valence-corrected chi connectivity index (χ3v) is 5.05. The molecule has 1 aliphatic rings. The predicted octanol–water partition coefficient (Wildman–Crippen LogP) is 0.998. The Morgan fingerprint density at radius 3 is 2.81 bits per heavy atom. The number of rotatable bonds is 5. The van der Waals surface area contributed by atoms with Gasteiger partial charge in [-0.2, -0.15) is 4.31 Å². The van der Waals surface area contributed by atoms with Crippen LogP contribution in [0.3, 0.4) is 0 Å². The number of aryl methyl sites for hydroxylation is 1. The zero-order valence-corrected chi connectivity index (χ0v) is 12.3. The highest BCUT2D eigenvalue weighted by molar-refractivity contribution is 7.89. The van der Waals surface area contributed by atoms with E-state index in [1.54, 1.807) is 6.92 Å². The minimum Gasteiger partial charge on any atom is -0.480 e. The Bertz CT molecular complexity index is 626. The highest BCUT2D eigenvalue weighted by atomic mass is 32.2. The van der Waals surface area contributed by atoms with Gasteiger partial charge >= 0.3 is 5.97 Å². The average Bonchev–Trinajstić information content (AvgIpc) is 2.84. The monoisotopic (exact) mass is 317 g/mol. The van der Waals surface area contributed by atoms with Crippen LogP contribution in [0.4, 0.5) is 4.39 Å². The fourth-order valence-corrected chi connectivity index (χ4v) is 3.84. The second-order valence-corrected chi connectivity index (χ2v) is 6.88. The third-order valence-electron chi connectivity index (χ3n) is 3.20. The molecule has 6 nitrogen and oxygen atoms in total. The first-order chi connectivity index (χ1) is 9.79. The lowest BCUT2D eigenvalue weighted by Crippen LogP contribution is -2.31. The quantitative estimate of drug-likeness (QED) is 0.876. The van der Waals surface area contributed by atoms with Gasteiger partial charge in [-0.1, -0.05) is 0 Å². The molecule has 0 unspecified atom stereocenters. The molecular formula is C13H16FNO5S. The summed E-state index contributed by atoms with van der Waals surface area (Å²) in [6.45, 7) is 1.45. The molecular weight excluding hydrogens is 301 g/mol. The lowest BCUT2D eigenvalue weighted by molar-refractivity contribution is -0.144. The van der Waals surface area contributed by atoms with Crippen LogP contribution < -0.4 is 0 Å². The Labute approximate surface area is 122 Å². The van der Waals surface area contributed by atoms with Gasteiger partial charge in [0, 0.05) is 13.1 Å². The lowest BCUT2D eigenvalue weighted by atomic mass is 10.2. The molecule has 21 heavy (non-hydrogen) atoms. The molecule has 0 amide bonds. The molecule has 0 radical (unpaired) electrons. The van der Waals surface area contributed by atoms with E-state index in [1.807, 2.05) is 0 Å². The number of ether oxygens (including phenoxy) is 1. The van der Waals surface area contributed by atoms with Crippen LogP contribution in [0, 0.1) is 12.7 Å². The molecule has 1 fully saturated rings. The first-order valence-corrected chi connectivity index (χ1v) is 7.84. The predicted molar refractivity (Wildman–Crippen MR) is 71.9 cm³/mol. The van der Waals surface area contributed by atoms with E-state index in [1.165, 1.54) is 16.4 Å². The summed E-state index contributed by atoms with van der Waals surface area (Å²) in [6.07, 6.45) is -0.0357. The van der Waals surface area contributed by atoms with Gasteiger partial charge in [0.05, 0.1) is 11.0 Å². The van der Waals surface area contributed by atoms with E-state index in [0.717, 1.165) is 6.07 Å². The molecule has 2 rings (SSSR count). The van der Waals surface area contributed by atoms with Crippen molar-refractivity contribution in [2.75, 3.05) is 19.7 Å². The van der Waals surface area contributed by atoms with Gasteiger partial charge in [-0.25, -0.2) is 17.6 Å². The van der Waals surface area contributed by atoms with Gasteiger partial charge in [-0.15, -0.1) is 0 Å². The van der Waals surface area contributed by atoms with E-state index in [-0.39, 0.29) is 18.0 Å². The van der Waals surface area contributed by atoms with Crippen LogP contribution in [0.15, 0.2) is 23.1 Å². The Morgan fingerprint density at radius 2 is 2.19 bits per heavy atom. The zero-order valence-electron chi connectivity index (χ0n) is 11.5. The Kier molecular flexibility index (Phi) is 4.60. The maximum absolute atomic E-state index is 13.4. The number of carboxylic acid groups (broad SMARTS) is 1. The fraction of sp³-hybridized carbons (Fsp3) is 0.462. The van der Waals surface area contributed by atoms with Crippen LogP contribution in [0.5, 0.6) is 0 Å². The van der Waals surface area contributed by atoms with Gasteiger partial charge in [-0.05, 0) is 37.1 Å². The van der Waals surface area contributed by atoms with E-state index in [0.29, 0.717) is 12.0 Å². The summed E-state index contributed by atoms with van der Waals surface area (Å²) < 4.78 is 44.5. The van der Waals surface area contributed by atoms with Crippen LogP contribution in [0.1, 0.15) is 12.0 Å². The number of halogens is 1. The summed E-state index contributed by atoms with van der Waals surface area (Å²) in [6, 6.07) is 3.64. The summed E-state index contributed by atoms with van der Waals surface area (Å²) in [5, 5.41) is 8.54. The summed E-state index contributed by atoms with van der Waals surface area (Å²) in [5.74, 6) is -1.71. The Balaban J connectivity index is 2.12. The molecule has 0 spiro atoms. The van der Waals surface area contributed by atoms with Gasteiger partial charge in [0.15, 0.2) is 0 Å². The zero-order chi connectivity index (χ0) is 15.6. The van der Waals surface area contributed by atoms with E-state index >= 15 is 0 Å². The van der Waals surface area contributed by atoms with Crippen LogP contribution in [-0.2, 0) is 19.6 Å². The molecule has 116 valence electrons. The molecule has 0 aliphatic carbocycles. The number of carboxylic acids is 1. The minimum absolute atomic E-state index is 0.0746. The highest BCUT2D eigenvalue weighted by Gasteiger charge is 2.33. The molecule has 0 aromatic heterocycles. The molecule has 1 saturated heterocycles. The molecule has 1 aliphatic heterocycles. The normalized spacial score (nSPS) is 19.8. The van der Waals surface area contributed by atoms with E-state index < -0.39 is 34.5 Å². The number of nitrogens with zero attached hydrogens (tertiary/aromatic N) is 1. The largest absolute Gasteiger partial charge is 0.480 e. The van der Waals surface area contributed by atoms with Crippen molar-refractivity contribution < 1.29 is 27.4 Å². The maximum Gasteiger partial charge on any atom is 0.329 e. The number of hydrogen-bond donors (Lipinski definition) is 1. The number of aliphatic carboxylic acids is 1. The van der Waals surface area contributed by atoms with Gasteiger partial charge in [0.1, 0.15) is 12.4 Å². The Morgan fingerprint density at radius 1 is 1.48 bits per heavy atom. The van der Waals surface area contributed by atoms with E-state index in [2.05, 4.69) is 0 Å². The summed E-state index contributed by atoms with van der Waals surface area (Å²) in [4.78, 5) is 10.3. The molecule has 1 atom stereocenters. The maximum atomic E-state index is 13.4. The van der Waals surface area contributed by atoms with Gasteiger partial charge in [-0.3, -0.25) is 0 Å². The lowest BCUT2D eigenvalue weighted by Gasteiger charge is -2.17. The van der Waals surface area contributed by atoms with Crippen molar-refractivity contribution in [2.45, 2.75) is 24.3 Å². The molecule has 1 N–H and O–H groups in total. The van der Waals surface area contributed by atoms with Crippen molar-refractivity contribution in [2.24, 2.45) is 0 Å². The first kappa shape index (κ1) is 15.9. The average molecular weight is 317 g/mol. The van der Waals surface area contributed by atoms with Crippen molar-refractivity contribution >= 4 is 16.0 Å². The van der Waals surface area contributed by atoms with Gasteiger partial charge in [0.25, 0.3) is 0 Å². The van der Waals surface area contributed by atoms with Crippen molar-refractivity contribution in [3.05, 3.63) is 29.6 Å². The van der Waals surface area contributed by atoms with E-state index in [9.17, 15) is 17.6 Å². The standard InChI is InChI=1S/C13H16FNO5S/c1-9-4-10(14)6-12(5-9)21(18,19)15-3-2-11(7-15)20-8-13(16)17/h4-6,11H,2-3,7-8H2,1H3,(H,16,17)/t11-/m0/s1. The molecule has 0 bridgehead atoms. The molecule has 1 aromatic rings. The van der Waals surface area contributed by atoms with Crippen LogP contribution in [0.2, 0.25) is 0 Å². The van der Waals surface area contributed by atoms with Crippen molar-refractivity contribution in [3.63, 3.8) is 0 Å². The Hall–Kier alpha value is -1.51. The van der Waals surface area contributed by atoms with Gasteiger partial charge in [0.2, 0.25) is 10.0 Å². The van der Waals surface area contributed by atoms with Crippen LogP contribution >= 0.6 is 0 Å².